The Morgan fingerprint density at radius 1 is 1.14 bits per heavy atom. The monoisotopic (exact) mass is 522 g/mol. The highest BCUT2D eigenvalue weighted by molar-refractivity contribution is 6.74. The molecule has 9 heteroatoms. The Morgan fingerprint density at radius 2 is 1.78 bits per heavy atom. The molecule has 7 nitrogen and oxygen atoms in total. The molecule has 36 heavy (non-hydrogen) atoms. The van der Waals surface area contributed by atoms with Crippen LogP contribution in [0.15, 0.2) is 18.2 Å². The van der Waals surface area contributed by atoms with Crippen LogP contribution in [0.25, 0.3) is 0 Å². The summed E-state index contributed by atoms with van der Waals surface area (Å²) in [5.41, 5.74) is 0.537. The molecule has 1 saturated heterocycles. The first kappa shape index (κ1) is 28.4. The molecule has 0 bridgehead atoms. The maximum atomic E-state index is 15.2. The molecule has 1 saturated carbocycles. The van der Waals surface area contributed by atoms with E-state index in [0.717, 1.165) is 25.7 Å². The van der Waals surface area contributed by atoms with E-state index in [1.165, 1.54) is 11.0 Å². The van der Waals surface area contributed by atoms with E-state index in [-0.39, 0.29) is 36.0 Å². The van der Waals surface area contributed by atoms with Gasteiger partial charge in [0.15, 0.2) is 8.32 Å². The maximum absolute atomic E-state index is 15.2. The van der Waals surface area contributed by atoms with Crippen LogP contribution >= 0.6 is 0 Å². The molecule has 1 heterocycles. The van der Waals surface area contributed by atoms with Crippen molar-refractivity contribution in [3.63, 3.8) is 0 Å². The number of nitrogens with zero attached hydrogens (tertiary/aromatic N) is 1. The third kappa shape index (κ3) is 7.22. The molecule has 1 atom stereocenters. The van der Waals surface area contributed by atoms with Gasteiger partial charge in [-0.15, -0.1) is 0 Å². The molecule has 2 amide bonds. The van der Waals surface area contributed by atoms with Gasteiger partial charge in [0.05, 0.1) is 18.8 Å². The minimum absolute atomic E-state index is 0.123. The Morgan fingerprint density at radius 3 is 2.33 bits per heavy atom. The van der Waals surface area contributed by atoms with Gasteiger partial charge in [-0.3, -0.25) is 4.90 Å². The molecule has 0 spiro atoms. The zero-order valence-corrected chi connectivity index (χ0v) is 24.1. The first-order valence-electron chi connectivity index (χ1n) is 13.0. The van der Waals surface area contributed by atoms with Crippen molar-refractivity contribution in [2.45, 2.75) is 109 Å². The van der Waals surface area contributed by atoms with E-state index in [0.29, 0.717) is 11.3 Å². The van der Waals surface area contributed by atoms with E-state index in [1.54, 1.807) is 32.9 Å². The summed E-state index contributed by atoms with van der Waals surface area (Å²) in [6.07, 6.45) is 2.23. The third-order valence-electron chi connectivity index (χ3n) is 7.42. The molecule has 2 aliphatic rings. The van der Waals surface area contributed by atoms with Gasteiger partial charge in [-0.2, -0.15) is 0 Å². The molecule has 1 N–H and O–H groups in total. The van der Waals surface area contributed by atoms with Crippen LogP contribution in [0.3, 0.4) is 0 Å². The van der Waals surface area contributed by atoms with Crippen LogP contribution in [0.1, 0.15) is 78.7 Å². The number of alkyl carbamates (subject to hydrolysis) is 1. The fraction of sp³-hybridized carbons (Fsp3) is 0.704. The minimum Gasteiger partial charge on any atom is -0.444 e. The smallest absolute Gasteiger partial charge is 0.414 e. The number of benzene rings is 1. The molecular weight excluding hydrogens is 479 g/mol. The van der Waals surface area contributed by atoms with Crippen LogP contribution < -0.4 is 10.2 Å². The number of nitrogens with one attached hydrogen (secondary N) is 1. The minimum atomic E-state index is -1.82. The molecule has 2 fully saturated rings. The highest BCUT2D eigenvalue weighted by Crippen LogP contribution is 2.42. The number of hydrogen-bond acceptors (Lipinski definition) is 5. The fourth-order valence-corrected chi connectivity index (χ4v) is 5.87. The number of hydrogen-bond donors (Lipinski definition) is 1. The summed E-state index contributed by atoms with van der Waals surface area (Å²) in [7, 11) is -1.82. The van der Waals surface area contributed by atoms with Crippen molar-refractivity contribution in [2.24, 2.45) is 0 Å². The van der Waals surface area contributed by atoms with Crippen molar-refractivity contribution in [1.29, 1.82) is 0 Å². The molecule has 0 aromatic heterocycles. The second-order valence-corrected chi connectivity index (χ2v) is 17.3. The molecule has 202 valence electrons. The van der Waals surface area contributed by atoms with Gasteiger partial charge in [-0.05, 0) is 88.2 Å². The predicted molar refractivity (Wildman–Crippen MR) is 142 cm³/mol. The Labute approximate surface area is 216 Å². The number of ether oxygens (including phenoxy) is 2. The SMILES string of the molecule is CC(C)(C)OC(=O)NCC1CN(c2ccc(C3CCC(O[Si](C)(C)C(C)(C)C)CC3)c(F)c2)C(=O)O1. The van der Waals surface area contributed by atoms with Gasteiger partial charge < -0.3 is 19.2 Å². The number of rotatable bonds is 6. The fourth-order valence-electron chi connectivity index (χ4n) is 4.45. The van der Waals surface area contributed by atoms with Crippen molar-refractivity contribution in [3.8, 4) is 0 Å². The summed E-state index contributed by atoms with van der Waals surface area (Å²) < 4.78 is 32.3. The van der Waals surface area contributed by atoms with E-state index >= 15 is 4.39 Å². The average molecular weight is 523 g/mol. The van der Waals surface area contributed by atoms with Crippen molar-refractivity contribution in [2.75, 3.05) is 18.0 Å². The number of cyclic esters (lactones) is 1. The number of carbonyl (C=O) groups excluding carboxylic acids is 2. The lowest BCUT2D eigenvalue weighted by Gasteiger charge is -2.41. The van der Waals surface area contributed by atoms with Crippen molar-refractivity contribution < 1.29 is 27.9 Å². The van der Waals surface area contributed by atoms with E-state index in [2.05, 4.69) is 39.2 Å². The van der Waals surface area contributed by atoms with Gasteiger partial charge in [0.1, 0.15) is 17.5 Å². The molecule has 1 aliphatic heterocycles. The Bertz CT molecular complexity index is 948. The van der Waals surface area contributed by atoms with Crippen LogP contribution in [0.2, 0.25) is 18.1 Å². The second kappa shape index (κ2) is 10.7. The standard InChI is InChI=1S/C27H43FN2O5Si/c1-26(2,3)34-24(31)29-16-21-17-30(25(32)33-21)19-11-14-22(23(28)15-19)18-9-12-20(13-10-18)35-36(7,8)27(4,5)6/h11,14-15,18,20-21H,9-10,12-13,16-17H2,1-8H3,(H,29,31). The summed E-state index contributed by atoms with van der Waals surface area (Å²) in [6.45, 7) is 17.0. The topological polar surface area (TPSA) is 77.1 Å². The lowest BCUT2D eigenvalue weighted by Crippen LogP contribution is -2.44. The number of anilines is 1. The number of amides is 2. The summed E-state index contributed by atoms with van der Waals surface area (Å²) in [5.74, 6) is -0.154. The highest BCUT2D eigenvalue weighted by Gasteiger charge is 2.40. The Hall–Kier alpha value is -2.13. The lowest BCUT2D eigenvalue weighted by atomic mass is 9.82. The van der Waals surface area contributed by atoms with Crippen LogP contribution in [0.4, 0.5) is 19.7 Å². The van der Waals surface area contributed by atoms with E-state index < -0.39 is 32.2 Å². The highest BCUT2D eigenvalue weighted by atomic mass is 28.4. The summed E-state index contributed by atoms with van der Waals surface area (Å²) in [6, 6.07) is 4.99. The van der Waals surface area contributed by atoms with Gasteiger partial charge in [0.2, 0.25) is 0 Å². The van der Waals surface area contributed by atoms with Gasteiger partial charge in [-0.25, -0.2) is 14.0 Å². The first-order valence-corrected chi connectivity index (χ1v) is 15.9. The van der Waals surface area contributed by atoms with E-state index in [1.807, 2.05) is 0 Å². The zero-order valence-electron chi connectivity index (χ0n) is 23.1. The normalized spacial score (nSPS) is 23.4. The van der Waals surface area contributed by atoms with Gasteiger partial charge >= 0.3 is 12.2 Å². The molecule has 0 radical (unpaired) electrons. The van der Waals surface area contributed by atoms with Gasteiger partial charge in [0, 0.05) is 6.10 Å². The molecule has 1 unspecified atom stereocenters. The van der Waals surface area contributed by atoms with Crippen LogP contribution in [0.5, 0.6) is 0 Å². The largest absolute Gasteiger partial charge is 0.444 e. The van der Waals surface area contributed by atoms with E-state index in [4.69, 9.17) is 13.9 Å². The molecule has 3 rings (SSSR count). The number of halogens is 1. The van der Waals surface area contributed by atoms with Gasteiger partial charge in [0.25, 0.3) is 0 Å². The molecule has 1 aromatic rings. The second-order valence-electron chi connectivity index (χ2n) is 12.6. The Balaban J connectivity index is 1.55. The summed E-state index contributed by atoms with van der Waals surface area (Å²) >= 11 is 0. The van der Waals surface area contributed by atoms with Crippen LogP contribution in [-0.2, 0) is 13.9 Å². The van der Waals surface area contributed by atoms with E-state index in [9.17, 15) is 9.59 Å². The molecule has 1 aliphatic carbocycles. The predicted octanol–water partition coefficient (Wildman–Crippen LogP) is 6.72. The van der Waals surface area contributed by atoms with Crippen LogP contribution in [0, 0.1) is 5.82 Å². The van der Waals surface area contributed by atoms with Crippen molar-refractivity contribution in [1.82, 2.24) is 5.32 Å². The summed E-state index contributed by atoms with van der Waals surface area (Å²) in [4.78, 5) is 25.7. The maximum Gasteiger partial charge on any atom is 0.414 e. The summed E-state index contributed by atoms with van der Waals surface area (Å²) in [5, 5.41) is 2.79. The zero-order chi connectivity index (χ0) is 26.9. The lowest BCUT2D eigenvalue weighted by molar-refractivity contribution is 0.0496. The van der Waals surface area contributed by atoms with Crippen molar-refractivity contribution in [3.05, 3.63) is 29.6 Å². The third-order valence-corrected chi connectivity index (χ3v) is 12.0. The Kier molecular flexibility index (Phi) is 8.45. The quantitative estimate of drug-likeness (QED) is 0.420. The van der Waals surface area contributed by atoms with Crippen LogP contribution in [-0.4, -0.2) is 51.4 Å². The van der Waals surface area contributed by atoms with Gasteiger partial charge in [-0.1, -0.05) is 26.8 Å². The first-order chi connectivity index (χ1) is 16.6. The molecular formula is C27H43FN2O5Si. The number of carbonyl (C=O) groups is 2. The average Bonchev–Trinajstić information content (AvgIpc) is 3.11. The molecule has 1 aromatic carbocycles. The van der Waals surface area contributed by atoms with Crippen molar-refractivity contribution >= 4 is 26.2 Å².